The Hall–Kier alpha value is -4.61. The molecule has 1 aromatic heterocycles. The lowest BCUT2D eigenvalue weighted by Crippen LogP contribution is -2.35. The number of carbonyl (C=O) groups is 2. The molecule has 2 aliphatic rings. The summed E-state index contributed by atoms with van der Waals surface area (Å²) in [5.41, 5.74) is 2.22. The van der Waals surface area contributed by atoms with Crippen molar-refractivity contribution in [1.29, 1.82) is 0 Å². The van der Waals surface area contributed by atoms with Gasteiger partial charge in [0.05, 0.1) is 42.9 Å². The molecule has 4 aromatic rings. The van der Waals surface area contributed by atoms with Gasteiger partial charge >= 0.3 is 5.97 Å². The molecule has 0 bridgehead atoms. The van der Waals surface area contributed by atoms with Crippen LogP contribution in [0.4, 0.5) is 11.4 Å². The smallest absolute Gasteiger partial charge is 0.311 e. The number of aromatic nitrogens is 1. The van der Waals surface area contributed by atoms with E-state index in [0.29, 0.717) is 26.3 Å². The first-order valence-corrected chi connectivity index (χ1v) is 14.8. The van der Waals surface area contributed by atoms with E-state index in [4.69, 9.17) is 9.47 Å². The third-order valence-corrected chi connectivity index (χ3v) is 9.31. The Kier molecular flexibility index (Phi) is 7.44. The lowest BCUT2D eigenvalue weighted by atomic mass is 10.1. The molecule has 42 heavy (non-hydrogen) atoms. The number of hydrazone groups is 1. The van der Waals surface area contributed by atoms with Gasteiger partial charge in [0, 0.05) is 18.0 Å². The van der Waals surface area contributed by atoms with Crippen LogP contribution in [0.5, 0.6) is 5.75 Å². The van der Waals surface area contributed by atoms with Crippen LogP contribution < -0.4 is 29.4 Å². The van der Waals surface area contributed by atoms with Gasteiger partial charge in [0.2, 0.25) is 0 Å². The fourth-order valence-corrected chi connectivity index (χ4v) is 7.31. The van der Waals surface area contributed by atoms with Crippen LogP contribution in [-0.2, 0) is 14.3 Å². The van der Waals surface area contributed by atoms with Gasteiger partial charge in [-0.3, -0.25) is 19.0 Å². The number of nitrogens with zero attached hydrogens (tertiary/aromatic N) is 4. The van der Waals surface area contributed by atoms with Gasteiger partial charge in [-0.25, -0.2) is 0 Å². The third kappa shape index (κ3) is 4.80. The molecule has 0 spiro atoms. The van der Waals surface area contributed by atoms with E-state index < -0.39 is 11.9 Å². The van der Waals surface area contributed by atoms with E-state index in [1.54, 1.807) is 38.3 Å². The van der Waals surface area contributed by atoms with Crippen molar-refractivity contribution in [2.24, 2.45) is 5.10 Å². The molecule has 9 nitrogen and oxygen atoms in total. The van der Waals surface area contributed by atoms with E-state index in [0.717, 1.165) is 15.6 Å². The number of ether oxygens (including phenoxy) is 2. The molecular weight excluding hydrogens is 572 g/mol. The minimum atomic E-state index is -0.508. The summed E-state index contributed by atoms with van der Waals surface area (Å²) in [7, 11) is 3.51. The van der Waals surface area contributed by atoms with Crippen LogP contribution in [0.15, 0.2) is 93.7 Å². The van der Waals surface area contributed by atoms with Crippen LogP contribution in [0.1, 0.15) is 13.3 Å². The molecular formula is C31H26N4O5S2. The van der Waals surface area contributed by atoms with Gasteiger partial charge in [0.1, 0.15) is 25.5 Å². The van der Waals surface area contributed by atoms with Crippen LogP contribution in [0.2, 0.25) is 0 Å². The lowest BCUT2D eigenvalue weighted by molar-refractivity contribution is -0.141. The highest BCUT2D eigenvalue weighted by atomic mass is 32.2. The average Bonchev–Trinajstić information content (AvgIpc) is 3.63. The molecule has 3 heterocycles. The van der Waals surface area contributed by atoms with E-state index in [9.17, 15) is 14.4 Å². The zero-order valence-corrected chi connectivity index (χ0v) is 24.7. The van der Waals surface area contributed by atoms with E-state index >= 15 is 0 Å². The fraction of sp³-hybridized carbons (Fsp3) is 0.161. The van der Waals surface area contributed by atoms with Crippen LogP contribution in [0.25, 0.3) is 16.3 Å². The predicted molar refractivity (Wildman–Crippen MR) is 166 cm³/mol. The molecule has 0 fully saturated rings. The number of thioether (sulfide) groups is 1. The van der Waals surface area contributed by atoms with Crippen molar-refractivity contribution in [1.82, 2.24) is 4.57 Å². The summed E-state index contributed by atoms with van der Waals surface area (Å²) in [5.74, 6) is -0.223. The Morgan fingerprint density at radius 2 is 1.64 bits per heavy atom. The van der Waals surface area contributed by atoms with Crippen molar-refractivity contribution < 1.29 is 19.1 Å². The molecule has 0 saturated carbocycles. The molecule has 0 unspecified atom stereocenters. The predicted octanol–water partition coefficient (Wildman–Crippen LogP) is 3.72. The second-order valence-corrected chi connectivity index (χ2v) is 11.4. The van der Waals surface area contributed by atoms with E-state index in [1.807, 2.05) is 66.5 Å². The fourth-order valence-electron chi connectivity index (χ4n) is 4.82. The second kappa shape index (κ2) is 11.3. The zero-order chi connectivity index (χ0) is 29.4. The number of esters is 1. The minimum absolute atomic E-state index is 0.189. The third-order valence-electron chi connectivity index (χ3n) is 6.79. The van der Waals surface area contributed by atoms with Crippen molar-refractivity contribution in [2.45, 2.75) is 18.2 Å². The number of methoxy groups -OCH3 is 1. The van der Waals surface area contributed by atoms with E-state index in [-0.39, 0.29) is 29.9 Å². The van der Waals surface area contributed by atoms with Crippen molar-refractivity contribution >= 4 is 62.7 Å². The summed E-state index contributed by atoms with van der Waals surface area (Å²) in [6.45, 7) is 1.92. The topological polar surface area (TPSA) is 93.4 Å². The van der Waals surface area contributed by atoms with Gasteiger partial charge in [0.15, 0.2) is 0 Å². The van der Waals surface area contributed by atoms with Gasteiger partial charge in [-0.15, -0.1) is 11.3 Å². The number of carbonyl (C=O) groups excluding carboxylic acids is 2. The Balaban J connectivity index is 1.63. The number of anilines is 2. The monoisotopic (exact) mass is 598 g/mol. The maximum atomic E-state index is 14.3. The van der Waals surface area contributed by atoms with Crippen LogP contribution >= 0.6 is 23.1 Å². The highest BCUT2D eigenvalue weighted by Gasteiger charge is 2.35. The van der Waals surface area contributed by atoms with Gasteiger partial charge in [-0.2, -0.15) is 10.1 Å². The molecule has 0 aliphatic carbocycles. The average molecular weight is 599 g/mol. The zero-order valence-electron chi connectivity index (χ0n) is 23.1. The molecule has 0 N–H and O–H groups in total. The number of thiazole rings is 1. The van der Waals surface area contributed by atoms with Gasteiger partial charge in [-0.05, 0) is 43.3 Å². The number of fused-ring (bicyclic) bond motifs is 1. The Morgan fingerprint density at radius 1 is 0.952 bits per heavy atom. The summed E-state index contributed by atoms with van der Waals surface area (Å²) in [4.78, 5) is 43.9. The van der Waals surface area contributed by atoms with Crippen molar-refractivity contribution in [2.75, 3.05) is 30.7 Å². The van der Waals surface area contributed by atoms with Crippen molar-refractivity contribution in [3.63, 3.8) is 0 Å². The second-order valence-electron chi connectivity index (χ2n) is 9.37. The quantitative estimate of drug-likeness (QED) is 0.313. The van der Waals surface area contributed by atoms with Gasteiger partial charge in [-0.1, -0.05) is 48.2 Å². The standard InChI is InChI=1S/C31H26N4O5S2/c1-4-40-25(36)18-22-26(28(37)35(32-22)20-13-9-6-10-14-20)30-34(19-11-7-5-8-12-19)29(38)27(42-30)31-33(2)23-17-21(39-3)15-16-24(23)41-31/h5-17H,4,18H2,1-3H3/b30-26+,31-27-. The summed E-state index contributed by atoms with van der Waals surface area (Å²) in [6.07, 6.45) is -0.217. The first-order chi connectivity index (χ1) is 20.4. The number of hydrogen-bond acceptors (Lipinski definition) is 9. The maximum absolute atomic E-state index is 14.3. The molecule has 1 amide bonds. The maximum Gasteiger partial charge on any atom is 0.311 e. The lowest BCUT2D eigenvalue weighted by Gasteiger charge is -2.13. The first-order valence-electron chi connectivity index (χ1n) is 13.2. The number of hydrogen-bond donors (Lipinski definition) is 0. The molecule has 11 heteroatoms. The van der Waals surface area contributed by atoms with Crippen LogP contribution in [0.3, 0.4) is 0 Å². The molecule has 6 rings (SSSR count). The summed E-state index contributed by atoms with van der Waals surface area (Å²) in [5, 5.41) is 6.58. The van der Waals surface area contributed by atoms with Crippen LogP contribution in [0, 0.1) is 0 Å². The van der Waals surface area contributed by atoms with E-state index in [1.165, 1.54) is 32.7 Å². The number of amides is 1. The van der Waals surface area contributed by atoms with Gasteiger partial charge < -0.3 is 14.4 Å². The molecule has 2 aliphatic heterocycles. The normalized spacial score (nSPS) is 16.9. The summed E-state index contributed by atoms with van der Waals surface area (Å²) >= 11 is 2.69. The first kappa shape index (κ1) is 27.6. The highest BCUT2D eigenvalue weighted by Crippen LogP contribution is 2.46. The Bertz CT molecular complexity index is 1920. The van der Waals surface area contributed by atoms with Crippen molar-refractivity contribution in [3.05, 3.63) is 98.4 Å². The van der Waals surface area contributed by atoms with Crippen molar-refractivity contribution in [3.8, 4) is 11.4 Å². The Morgan fingerprint density at radius 3 is 2.31 bits per heavy atom. The molecule has 0 radical (unpaired) electrons. The summed E-state index contributed by atoms with van der Waals surface area (Å²) < 4.78 is 13.0. The minimum Gasteiger partial charge on any atom is -0.497 e. The SMILES string of the molecule is CCOC(=O)CC1=NN(c2ccccc2)C(=O)/C1=c1/s/c(=C2\Sc3ccc(OC)cc3N2C)c(=O)n1-c1ccccc1. The molecule has 0 atom stereocenters. The number of para-hydroxylation sites is 2. The highest BCUT2D eigenvalue weighted by molar-refractivity contribution is 8.08. The largest absolute Gasteiger partial charge is 0.497 e. The molecule has 212 valence electrons. The van der Waals surface area contributed by atoms with Gasteiger partial charge in [0.25, 0.3) is 11.5 Å². The number of rotatable bonds is 6. The molecule has 3 aromatic carbocycles. The summed E-state index contributed by atoms with van der Waals surface area (Å²) in [6, 6.07) is 23.9. The Labute approximate surface area is 249 Å². The number of benzene rings is 3. The van der Waals surface area contributed by atoms with E-state index in [2.05, 4.69) is 5.10 Å². The molecule has 0 saturated heterocycles. The van der Waals surface area contributed by atoms with Crippen LogP contribution in [-0.4, -0.2) is 42.9 Å².